The first-order valence-electron chi connectivity index (χ1n) is 7.99. The van der Waals surface area contributed by atoms with Gasteiger partial charge in [-0.3, -0.25) is 0 Å². The van der Waals surface area contributed by atoms with Crippen molar-refractivity contribution < 1.29 is 4.74 Å². The molecule has 4 rings (SSSR count). The Morgan fingerprint density at radius 1 is 0.760 bits per heavy atom. The first-order chi connectivity index (χ1) is 12.4. The fraction of sp³-hybridized carbons (Fsp3) is 0.100. The lowest BCUT2D eigenvalue weighted by atomic mass is 10.1. The van der Waals surface area contributed by atoms with Gasteiger partial charge in [0.05, 0.1) is 0 Å². The maximum atomic E-state index is 5.84. The van der Waals surface area contributed by atoms with Crippen LogP contribution in [0.2, 0.25) is 0 Å². The van der Waals surface area contributed by atoms with E-state index >= 15 is 0 Å². The summed E-state index contributed by atoms with van der Waals surface area (Å²) in [5.74, 6) is 0.842. The quantitative estimate of drug-likeness (QED) is 0.457. The summed E-state index contributed by atoms with van der Waals surface area (Å²) in [6, 6.07) is 22.6. The number of benzene rings is 2. The van der Waals surface area contributed by atoms with Crippen LogP contribution in [0, 0.1) is 0 Å². The molecule has 4 aromatic rings. The van der Waals surface area contributed by atoms with Crippen LogP contribution in [0.15, 0.2) is 72.1 Å². The van der Waals surface area contributed by atoms with Gasteiger partial charge in [0.15, 0.2) is 5.01 Å². The van der Waals surface area contributed by atoms with E-state index in [0.29, 0.717) is 6.61 Å². The van der Waals surface area contributed by atoms with Crippen molar-refractivity contribution in [1.82, 2.24) is 10.2 Å². The predicted octanol–water partition coefficient (Wildman–Crippen LogP) is 5.44. The normalized spacial score (nSPS) is 10.7. The smallest absolute Gasteiger partial charge is 0.155 e. The third-order valence-corrected chi connectivity index (χ3v) is 5.51. The number of thiophene rings is 1. The summed E-state index contributed by atoms with van der Waals surface area (Å²) in [5.41, 5.74) is 2.39. The molecule has 124 valence electrons. The molecule has 0 aliphatic rings. The molecule has 2 aromatic carbocycles. The Balaban J connectivity index is 1.36. The topological polar surface area (TPSA) is 35.0 Å². The van der Waals surface area contributed by atoms with E-state index in [1.807, 2.05) is 30.3 Å². The van der Waals surface area contributed by atoms with Crippen molar-refractivity contribution >= 4 is 22.7 Å². The Morgan fingerprint density at radius 3 is 2.28 bits per heavy atom. The summed E-state index contributed by atoms with van der Waals surface area (Å²) in [4.78, 5) is 1.31. The summed E-state index contributed by atoms with van der Waals surface area (Å²) in [5, 5.41) is 12.5. The van der Waals surface area contributed by atoms with Crippen molar-refractivity contribution in [3.8, 4) is 16.9 Å². The van der Waals surface area contributed by atoms with E-state index in [0.717, 1.165) is 22.2 Å². The molecular formula is C20H16N2OS2. The number of aromatic nitrogens is 2. The first-order valence-corrected chi connectivity index (χ1v) is 9.68. The van der Waals surface area contributed by atoms with Crippen LogP contribution in [0.4, 0.5) is 0 Å². The van der Waals surface area contributed by atoms with Crippen molar-refractivity contribution in [2.45, 2.75) is 13.0 Å². The van der Waals surface area contributed by atoms with Gasteiger partial charge in [0.25, 0.3) is 0 Å². The van der Waals surface area contributed by atoms with Gasteiger partial charge in [-0.2, -0.15) is 0 Å². The zero-order valence-electron chi connectivity index (χ0n) is 13.5. The van der Waals surface area contributed by atoms with E-state index in [4.69, 9.17) is 4.74 Å². The number of rotatable bonds is 6. The minimum absolute atomic E-state index is 0.451. The third kappa shape index (κ3) is 4.13. The average molecular weight is 364 g/mol. The lowest BCUT2D eigenvalue weighted by molar-refractivity contribution is 0.304. The molecule has 0 saturated heterocycles. The molecule has 0 saturated carbocycles. The number of nitrogens with zero attached hydrogens (tertiary/aromatic N) is 2. The Kier molecular flexibility index (Phi) is 4.86. The number of hydrogen-bond donors (Lipinski definition) is 0. The van der Waals surface area contributed by atoms with Gasteiger partial charge in [0.2, 0.25) is 0 Å². The highest BCUT2D eigenvalue weighted by Crippen LogP contribution is 2.23. The van der Waals surface area contributed by atoms with Crippen molar-refractivity contribution in [2.75, 3.05) is 0 Å². The molecule has 0 amide bonds. The van der Waals surface area contributed by atoms with E-state index in [9.17, 15) is 0 Å². The summed E-state index contributed by atoms with van der Waals surface area (Å²) >= 11 is 3.35. The molecule has 0 aliphatic heterocycles. The van der Waals surface area contributed by atoms with Crippen LogP contribution in [0.3, 0.4) is 0 Å². The number of hydrogen-bond acceptors (Lipinski definition) is 5. The van der Waals surface area contributed by atoms with E-state index in [2.05, 4.69) is 52.0 Å². The molecule has 5 heteroatoms. The van der Waals surface area contributed by atoms with Gasteiger partial charge in [0, 0.05) is 11.3 Å². The van der Waals surface area contributed by atoms with E-state index in [1.165, 1.54) is 16.0 Å². The molecule has 25 heavy (non-hydrogen) atoms. The molecule has 2 heterocycles. The van der Waals surface area contributed by atoms with Crippen molar-refractivity contribution in [2.24, 2.45) is 0 Å². The Bertz CT molecular complexity index is 916. The SMILES string of the molecule is c1ccc(-c2ccc(OCc3nnc(Cc4cccs4)s3)cc2)cc1. The van der Waals surface area contributed by atoms with Crippen LogP contribution in [-0.2, 0) is 13.0 Å². The first kappa shape index (κ1) is 16.0. The maximum Gasteiger partial charge on any atom is 0.155 e. The minimum Gasteiger partial charge on any atom is -0.486 e. The highest BCUT2D eigenvalue weighted by Gasteiger charge is 2.07. The summed E-state index contributed by atoms with van der Waals surface area (Å²) in [7, 11) is 0. The zero-order chi connectivity index (χ0) is 16.9. The van der Waals surface area contributed by atoms with E-state index < -0.39 is 0 Å². The van der Waals surface area contributed by atoms with Gasteiger partial charge in [-0.1, -0.05) is 59.9 Å². The van der Waals surface area contributed by atoms with Gasteiger partial charge in [-0.25, -0.2) is 0 Å². The van der Waals surface area contributed by atoms with Crippen LogP contribution in [0.5, 0.6) is 5.75 Å². The molecule has 0 atom stereocenters. The second kappa shape index (κ2) is 7.59. The lowest BCUT2D eigenvalue weighted by Crippen LogP contribution is -1.94. The van der Waals surface area contributed by atoms with E-state index in [-0.39, 0.29) is 0 Å². The highest BCUT2D eigenvalue weighted by atomic mass is 32.1. The fourth-order valence-corrected chi connectivity index (χ4v) is 4.08. The summed E-state index contributed by atoms with van der Waals surface area (Å²) < 4.78 is 5.84. The standard InChI is InChI=1S/C20H16N2OS2/c1-2-5-15(6-3-1)16-8-10-17(11-9-16)23-14-20-22-21-19(25-20)13-18-7-4-12-24-18/h1-12H,13-14H2. The molecule has 0 unspecified atom stereocenters. The minimum atomic E-state index is 0.451. The van der Waals surface area contributed by atoms with Gasteiger partial charge in [-0.15, -0.1) is 21.5 Å². The molecular weight excluding hydrogens is 348 g/mol. The molecule has 0 radical (unpaired) electrons. The molecule has 2 aromatic heterocycles. The van der Waals surface area contributed by atoms with Crippen LogP contribution in [0.25, 0.3) is 11.1 Å². The van der Waals surface area contributed by atoms with Crippen molar-refractivity contribution in [1.29, 1.82) is 0 Å². The van der Waals surface area contributed by atoms with Crippen LogP contribution < -0.4 is 4.74 Å². The zero-order valence-corrected chi connectivity index (χ0v) is 15.1. The fourth-order valence-electron chi connectivity index (χ4n) is 2.50. The van der Waals surface area contributed by atoms with Gasteiger partial charge < -0.3 is 4.74 Å². The number of ether oxygens (including phenoxy) is 1. The van der Waals surface area contributed by atoms with Gasteiger partial charge in [-0.05, 0) is 34.7 Å². The molecule has 0 fully saturated rings. The second-order valence-corrected chi connectivity index (χ2v) is 7.70. The van der Waals surface area contributed by atoms with Gasteiger partial charge >= 0.3 is 0 Å². The van der Waals surface area contributed by atoms with Crippen molar-refractivity contribution in [3.63, 3.8) is 0 Å². The highest BCUT2D eigenvalue weighted by molar-refractivity contribution is 7.12. The monoisotopic (exact) mass is 364 g/mol. The summed E-state index contributed by atoms with van der Waals surface area (Å²) in [6.45, 7) is 0.451. The lowest BCUT2D eigenvalue weighted by Gasteiger charge is -2.05. The van der Waals surface area contributed by atoms with Crippen LogP contribution in [0.1, 0.15) is 14.9 Å². The molecule has 0 N–H and O–H groups in total. The maximum absolute atomic E-state index is 5.84. The Hall–Kier alpha value is -2.50. The molecule has 0 bridgehead atoms. The second-order valence-electron chi connectivity index (χ2n) is 5.52. The Morgan fingerprint density at radius 2 is 1.52 bits per heavy atom. The van der Waals surface area contributed by atoms with Crippen LogP contribution in [-0.4, -0.2) is 10.2 Å². The molecule has 0 spiro atoms. The predicted molar refractivity (Wildman–Crippen MR) is 103 cm³/mol. The average Bonchev–Trinajstić information content (AvgIpc) is 3.34. The molecule has 0 aliphatic carbocycles. The van der Waals surface area contributed by atoms with E-state index in [1.54, 1.807) is 22.7 Å². The largest absolute Gasteiger partial charge is 0.486 e. The van der Waals surface area contributed by atoms with Crippen LogP contribution >= 0.6 is 22.7 Å². The summed E-state index contributed by atoms with van der Waals surface area (Å²) in [6.07, 6.45) is 0.848. The molecule has 3 nitrogen and oxygen atoms in total. The third-order valence-electron chi connectivity index (χ3n) is 3.74. The van der Waals surface area contributed by atoms with Gasteiger partial charge in [0.1, 0.15) is 17.4 Å². The van der Waals surface area contributed by atoms with Crippen molar-refractivity contribution in [3.05, 3.63) is 87.0 Å². The Labute approximate surface area is 154 Å².